The summed E-state index contributed by atoms with van der Waals surface area (Å²) in [7, 11) is 1.65. The minimum absolute atomic E-state index is 0. The predicted molar refractivity (Wildman–Crippen MR) is 130 cm³/mol. The van der Waals surface area contributed by atoms with Crippen molar-refractivity contribution in [3.8, 4) is 22.6 Å². The molecule has 0 spiro atoms. The molecule has 0 radical (unpaired) electrons. The van der Waals surface area contributed by atoms with Crippen LogP contribution in [0.5, 0.6) is 11.5 Å². The number of piperazine rings is 1. The minimum atomic E-state index is -0.0453. The van der Waals surface area contributed by atoms with Crippen molar-refractivity contribution in [2.75, 3.05) is 33.4 Å². The summed E-state index contributed by atoms with van der Waals surface area (Å²) in [4.78, 5) is 19.3. The standard InChI is InChI=1S/C24H25N3O3.2ClH/c1-29-22-9-7-18(8-10-22)19-4-2-5-20(14-19)24(28)27-13-12-26-15-21(27)17-30-23-6-3-11-25-16-23;;/h2-11,14,16,21,26H,12-13,15,17H2,1H3;2*1H. The third-order valence-corrected chi connectivity index (χ3v) is 5.22. The van der Waals surface area contributed by atoms with Gasteiger partial charge in [-0.3, -0.25) is 9.78 Å². The Morgan fingerprint density at radius 2 is 1.88 bits per heavy atom. The second-order valence-electron chi connectivity index (χ2n) is 7.17. The zero-order valence-corrected chi connectivity index (χ0v) is 19.4. The number of hydrogen-bond acceptors (Lipinski definition) is 5. The lowest BCUT2D eigenvalue weighted by molar-refractivity contribution is 0.0559. The fourth-order valence-electron chi connectivity index (χ4n) is 3.58. The maximum Gasteiger partial charge on any atom is 0.254 e. The average molecular weight is 476 g/mol. The number of benzene rings is 2. The van der Waals surface area contributed by atoms with E-state index in [9.17, 15) is 4.79 Å². The van der Waals surface area contributed by atoms with Crippen molar-refractivity contribution >= 4 is 30.7 Å². The van der Waals surface area contributed by atoms with Crippen LogP contribution in [0, 0.1) is 0 Å². The molecule has 2 aromatic carbocycles. The van der Waals surface area contributed by atoms with Gasteiger partial charge in [0, 0.05) is 31.4 Å². The van der Waals surface area contributed by atoms with Gasteiger partial charge in [-0.15, -0.1) is 24.8 Å². The molecular formula is C24H27Cl2N3O3. The molecule has 6 nitrogen and oxygen atoms in total. The smallest absolute Gasteiger partial charge is 0.254 e. The predicted octanol–water partition coefficient (Wildman–Crippen LogP) is 4.09. The van der Waals surface area contributed by atoms with E-state index in [-0.39, 0.29) is 36.8 Å². The maximum absolute atomic E-state index is 13.3. The largest absolute Gasteiger partial charge is 0.497 e. The van der Waals surface area contributed by atoms with Crippen molar-refractivity contribution < 1.29 is 14.3 Å². The van der Waals surface area contributed by atoms with Crippen LogP contribution >= 0.6 is 24.8 Å². The van der Waals surface area contributed by atoms with Gasteiger partial charge in [-0.1, -0.05) is 24.3 Å². The summed E-state index contributed by atoms with van der Waals surface area (Å²) < 4.78 is 11.1. The first-order chi connectivity index (χ1) is 14.7. The summed E-state index contributed by atoms with van der Waals surface area (Å²) in [6, 6.07) is 19.3. The van der Waals surface area contributed by atoms with Gasteiger partial charge in [0.1, 0.15) is 18.1 Å². The number of nitrogens with one attached hydrogen (secondary N) is 1. The average Bonchev–Trinajstić information content (AvgIpc) is 2.83. The van der Waals surface area contributed by atoms with E-state index in [0.717, 1.165) is 23.4 Å². The van der Waals surface area contributed by atoms with E-state index in [1.807, 2.05) is 65.6 Å². The van der Waals surface area contributed by atoms with Crippen molar-refractivity contribution in [1.29, 1.82) is 0 Å². The van der Waals surface area contributed by atoms with E-state index in [1.54, 1.807) is 19.5 Å². The van der Waals surface area contributed by atoms with Gasteiger partial charge < -0.3 is 19.7 Å². The topological polar surface area (TPSA) is 63.7 Å². The molecule has 1 aliphatic heterocycles. The molecule has 4 rings (SSSR count). The highest BCUT2D eigenvalue weighted by atomic mass is 35.5. The van der Waals surface area contributed by atoms with Crippen LogP contribution in [-0.4, -0.2) is 55.2 Å². The van der Waals surface area contributed by atoms with E-state index < -0.39 is 0 Å². The highest BCUT2D eigenvalue weighted by Gasteiger charge is 2.28. The second-order valence-corrected chi connectivity index (χ2v) is 7.17. The molecule has 8 heteroatoms. The van der Waals surface area contributed by atoms with Crippen LogP contribution in [0.2, 0.25) is 0 Å². The number of halogens is 2. The normalized spacial score (nSPS) is 15.2. The number of nitrogens with zero attached hydrogens (tertiary/aromatic N) is 2. The molecule has 0 saturated carbocycles. The van der Waals surface area contributed by atoms with Crippen LogP contribution in [0.3, 0.4) is 0 Å². The molecule has 1 atom stereocenters. The van der Waals surface area contributed by atoms with Crippen molar-refractivity contribution in [2.45, 2.75) is 6.04 Å². The molecule has 170 valence electrons. The monoisotopic (exact) mass is 475 g/mol. The highest BCUT2D eigenvalue weighted by Crippen LogP contribution is 2.24. The Balaban J connectivity index is 0.00000181. The first-order valence-electron chi connectivity index (χ1n) is 10.0. The fourth-order valence-corrected chi connectivity index (χ4v) is 3.58. The summed E-state index contributed by atoms with van der Waals surface area (Å²) in [6.07, 6.45) is 3.39. The zero-order chi connectivity index (χ0) is 20.8. The number of methoxy groups -OCH3 is 1. The number of carbonyl (C=O) groups excluding carboxylic acids is 1. The van der Waals surface area contributed by atoms with Crippen LogP contribution < -0.4 is 14.8 Å². The van der Waals surface area contributed by atoms with Gasteiger partial charge in [-0.25, -0.2) is 0 Å². The molecule has 2 heterocycles. The molecule has 1 N–H and O–H groups in total. The number of hydrogen-bond donors (Lipinski definition) is 1. The summed E-state index contributed by atoms with van der Waals surface area (Å²) >= 11 is 0. The molecule has 1 amide bonds. The SMILES string of the molecule is COc1ccc(-c2cccc(C(=O)N3CCNCC3COc3cccnc3)c2)cc1.Cl.Cl. The molecule has 0 aliphatic carbocycles. The molecule has 32 heavy (non-hydrogen) atoms. The molecule has 1 fully saturated rings. The molecule has 1 aromatic heterocycles. The van der Waals surface area contributed by atoms with Crippen molar-refractivity contribution in [2.24, 2.45) is 0 Å². The van der Waals surface area contributed by atoms with E-state index in [1.165, 1.54) is 0 Å². The Morgan fingerprint density at radius 3 is 2.59 bits per heavy atom. The Kier molecular flexibility index (Phi) is 9.78. The van der Waals surface area contributed by atoms with Gasteiger partial charge in [-0.2, -0.15) is 0 Å². The van der Waals surface area contributed by atoms with Crippen LogP contribution in [0.1, 0.15) is 10.4 Å². The van der Waals surface area contributed by atoms with Crippen molar-refractivity contribution in [1.82, 2.24) is 15.2 Å². The van der Waals surface area contributed by atoms with Gasteiger partial charge in [0.05, 0.1) is 19.3 Å². The first-order valence-corrected chi connectivity index (χ1v) is 10.0. The Labute approximate surface area is 200 Å². The minimum Gasteiger partial charge on any atom is -0.497 e. The lowest BCUT2D eigenvalue weighted by atomic mass is 10.0. The lowest BCUT2D eigenvalue weighted by Gasteiger charge is -2.36. The Morgan fingerprint density at radius 1 is 1.06 bits per heavy atom. The zero-order valence-electron chi connectivity index (χ0n) is 17.8. The fraction of sp³-hybridized carbons (Fsp3) is 0.250. The number of amides is 1. The Hall–Kier alpha value is -2.80. The molecular weight excluding hydrogens is 449 g/mol. The van der Waals surface area contributed by atoms with Crippen LogP contribution in [0.25, 0.3) is 11.1 Å². The summed E-state index contributed by atoms with van der Waals surface area (Å²) in [5.41, 5.74) is 2.72. The Bertz CT molecular complexity index is 987. The molecule has 1 unspecified atom stereocenters. The number of aromatic nitrogens is 1. The molecule has 0 bridgehead atoms. The maximum atomic E-state index is 13.3. The summed E-state index contributed by atoms with van der Waals surface area (Å²) in [5.74, 6) is 1.53. The number of pyridine rings is 1. The van der Waals surface area contributed by atoms with Gasteiger partial charge in [-0.05, 0) is 47.5 Å². The molecule has 1 aliphatic rings. The third-order valence-electron chi connectivity index (χ3n) is 5.22. The van der Waals surface area contributed by atoms with Gasteiger partial charge in [0.25, 0.3) is 5.91 Å². The van der Waals surface area contributed by atoms with Crippen LogP contribution in [0.4, 0.5) is 0 Å². The lowest BCUT2D eigenvalue weighted by Crippen LogP contribution is -2.55. The van der Waals surface area contributed by atoms with E-state index in [0.29, 0.717) is 31.0 Å². The van der Waals surface area contributed by atoms with E-state index >= 15 is 0 Å². The van der Waals surface area contributed by atoms with Gasteiger partial charge in [0.15, 0.2) is 0 Å². The second kappa shape index (κ2) is 12.3. The van der Waals surface area contributed by atoms with E-state index in [4.69, 9.17) is 9.47 Å². The van der Waals surface area contributed by atoms with Crippen molar-refractivity contribution in [3.05, 3.63) is 78.6 Å². The molecule has 3 aromatic rings. The number of rotatable bonds is 6. The number of ether oxygens (including phenoxy) is 2. The van der Waals surface area contributed by atoms with Crippen LogP contribution in [0.15, 0.2) is 73.1 Å². The molecule has 1 saturated heterocycles. The third kappa shape index (κ3) is 6.13. The summed E-state index contributed by atoms with van der Waals surface area (Å²) in [6.45, 7) is 2.53. The quantitative estimate of drug-likeness (QED) is 0.581. The van der Waals surface area contributed by atoms with Gasteiger partial charge >= 0.3 is 0 Å². The first kappa shape index (κ1) is 25.5. The van der Waals surface area contributed by atoms with E-state index in [2.05, 4.69) is 10.3 Å². The summed E-state index contributed by atoms with van der Waals surface area (Å²) in [5, 5.41) is 3.35. The number of carbonyl (C=O) groups is 1. The highest BCUT2D eigenvalue weighted by molar-refractivity contribution is 5.95. The van der Waals surface area contributed by atoms with Crippen molar-refractivity contribution in [3.63, 3.8) is 0 Å². The van der Waals surface area contributed by atoms with Gasteiger partial charge in [0.2, 0.25) is 0 Å². The van der Waals surface area contributed by atoms with Crippen LogP contribution in [-0.2, 0) is 0 Å².